The summed E-state index contributed by atoms with van der Waals surface area (Å²) in [6.45, 7) is 7.30. The zero-order valence-electron chi connectivity index (χ0n) is 5.36. The minimum atomic E-state index is -0.679. The molecule has 0 nitrogen and oxygen atoms in total. The van der Waals surface area contributed by atoms with E-state index in [0.717, 1.165) is 5.54 Å². The van der Waals surface area contributed by atoms with Gasteiger partial charge in [-0.3, -0.25) is 0 Å². The summed E-state index contributed by atoms with van der Waals surface area (Å²) in [5.41, 5.74) is 1.06. The van der Waals surface area contributed by atoms with Gasteiger partial charge in [0.2, 0.25) is 0 Å². The van der Waals surface area contributed by atoms with Crippen molar-refractivity contribution in [3.8, 4) is 0 Å². The number of rotatable bonds is 1. The van der Waals surface area contributed by atoms with Crippen LogP contribution in [0.4, 0.5) is 0 Å². The van der Waals surface area contributed by atoms with Gasteiger partial charge in [0.15, 0.2) is 0 Å². The highest BCUT2D eigenvalue weighted by atomic mass is 28.3. The Morgan fingerprint density at radius 2 is 1.86 bits per heavy atom. The minimum Gasteiger partial charge on any atom is -0.0693 e. The lowest BCUT2D eigenvalue weighted by atomic mass is 11.0. The molecule has 1 rings (SSSR count). The molecule has 41 valence electrons. The third kappa shape index (κ3) is 1.30. The maximum Gasteiger partial charge on any atom is 0.0476 e. The highest BCUT2D eigenvalue weighted by molar-refractivity contribution is 6.78. The SMILES string of the molecule is C[Si](C)(C)C1[CH]C1. The third-order valence-electron chi connectivity index (χ3n) is 1.58. The zero-order valence-corrected chi connectivity index (χ0v) is 6.36. The van der Waals surface area contributed by atoms with Crippen molar-refractivity contribution in [2.24, 2.45) is 0 Å². The van der Waals surface area contributed by atoms with Gasteiger partial charge in [-0.1, -0.05) is 19.6 Å². The van der Waals surface area contributed by atoms with Crippen molar-refractivity contribution in [2.75, 3.05) is 0 Å². The Bertz CT molecular complexity index is 66.7. The van der Waals surface area contributed by atoms with Crippen LogP contribution in [0.15, 0.2) is 0 Å². The predicted molar refractivity (Wildman–Crippen MR) is 36.0 cm³/mol. The van der Waals surface area contributed by atoms with Crippen LogP contribution in [0.3, 0.4) is 0 Å². The Labute approximate surface area is 46.9 Å². The van der Waals surface area contributed by atoms with Gasteiger partial charge < -0.3 is 0 Å². The highest BCUT2D eigenvalue weighted by Crippen LogP contribution is 2.43. The van der Waals surface area contributed by atoms with E-state index in [1.165, 1.54) is 6.42 Å². The van der Waals surface area contributed by atoms with Crippen molar-refractivity contribution in [3.63, 3.8) is 0 Å². The van der Waals surface area contributed by atoms with Crippen molar-refractivity contribution < 1.29 is 0 Å². The van der Waals surface area contributed by atoms with E-state index in [1.54, 1.807) is 0 Å². The molecule has 1 unspecified atom stereocenters. The Balaban J connectivity index is 2.36. The molecule has 0 amide bonds. The lowest BCUT2D eigenvalue weighted by Gasteiger charge is -2.12. The van der Waals surface area contributed by atoms with Gasteiger partial charge in [-0.25, -0.2) is 0 Å². The quantitative estimate of drug-likeness (QED) is 0.458. The van der Waals surface area contributed by atoms with Crippen LogP contribution in [-0.2, 0) is 0 Å². The second-order valence-electron chi connectivity index (χ2n) is 3.44. The van der Waals surface area contributed by atoms with E-state index in [2.05, 4.69) is 26.1 Å². The fourth-order valence-corrected chi connectivity index (χ4v) is 2.33. The maximum absolute atomic E-state index is 2.44. The van der Waals surface area contributed by atoms with Crippen molar-refractivity contribution in [1.82, 2.24) is 0 Å². The minimum absolute atomic E-state index is 0.679. The lowest BCUT2D eigenvalue weighted by Crippen LogP contribution is -2.19. The largest absolute Gasteiger partial charge is 0.0693 e. The molecule has 1 fully saturated rings. The van der Waals surface area contributed by atoms with Gasteiger partial charge >= 0.3 is 0 Å². The fraction of sp³-hybridized carbons (Fsp3) is 0.833. The van der Waals surface area contributed by atoms with Gasteiger partial charge in [-0.2, -0.15) is 0 Å². The third-order valence-corrected chi connectivity index (χ3v) is 4.28. The summed E-state index contributed by atoms with van der Waals surface area (Å²) in [4.78, 5) is 0. The maximum atomic E-state index is 2.44. The van der Waals surface area contributed by atoms with Gasteiger partial charge in [0.05, 0.1) is 0 Å². The average Bonchev–Trinajstić information content (AvgIpc) is 1.99. The van der Waals surface area contributed by atoms with E-state index in [9.17, 15) is 0 Å². The molecule has 1 heteroatoms. The summed E-state index contributed by atoms with van der Waals surface area (Å²) in [7, 11) is -0.679. The van der Waals surface area contributed by atoms with Crippen LogP contribution in [-0.4, -0.2) is 8.07 Å². The second-order valence-corrected chi connectivity index (χ2v) is 8.92. The van der Waals surface area contributed by atoms with E-state index in [0.29, 0.717) is 0 Å². The summed E-state index contributed by atoms with van der Waals surface area (Å²) in [6, 6.07) is 0. The Kier molecular flexibility index (Phi) is 1.03. The normalized spacial score (nSPS) is 22.7. The lowest BCUT2D eigenvalue weighted by molar-refractivity contribution is 1.35. The van der Waals surface area contributed by atoms with Gasteiger partial charge in [-0.05, 0) is 18.4 Å². The van der Waals surface area contributed by atoms with E-state index in [4.69, 9.17) is 0 Å². The molecule has 0 N–H and O–H groups in total. The van der Waals surface area contributed by atoms with Crippen LogP contribution in [0.5, 0.6) is 0 Å². The molecule has 0 aromatic carbocycles. The standard InChI is InChI=1S/C6H13Si/c1-7(2,3)6-4-5-6/h4,6H,5H2,1-3H3. The first-order chi connectivity index (χ1) is 3.11. The van der Waals surface area contributed by atoms with E-state index in [1.807, 2.05) is 0 Å². The van der Waals surface area contributed by atoms with E-state index < -0.39 is 8.07 Å². The Hall–Kier alpha value is 0.217. The smallest absolute Gasteiger partial charge is 0.0476 e. The highest BCUT2D eigenvalue weighted by Gasteiger charge is 2.35. The van der Waals surface area contributed by atoms with Crippen LogP contribution >= 0.6 is 0 Å². The molecule has 1 atom stereocenters. The van der Waals surface area contributed by atoms with Gasteiger partial charge in [0, 0.05) is 8.07 Å². The first-order valence-electron chi connectivity index (χ1n) is 2.94. The molecule has 0 saturated heterocycles. The molecule has 0 aromatic rings. The molecule has 1 aliphatic carbocycles. The monoisotopic (exact) mass is 113 g/mol. The van der Waals surface area contributed by atoms with Crippen molar-refractivity contribution in [3.05, 3.63) is 6.42 Å². The molecule has 1 aliphatic rings. The van der Waals surface area contributed by atoms with Crippen molar-refractivity contribution >= 4 is 8.07 Å². The van der Waals surface area contributed by atoms with E-state index in [-0.39, 0.29) is 0 Å². The first-order valence-corrected chi connectivity index (χ1v) is 6.52. The summed E-state index contributed by atoms with van der Waals surface area (Å²) in [6.07, 6.45) is 3.85. The first kappa shape index (κ1) is 5.36. The summed E-state index contributed by atoms with van der Waals surface area (Å²) in [5, 5.41) is 0. The van der Waals surface area contributed by atoms with E-state index >= 15 is 0 Å². The van der Waals surface area contributed by atoms with Crippen LogP contribution in [0.25, 0.3) is 0 Å². The van der Waals surface area contributed by atoms with Gasteiger partial charge in [0.25, 0.3) is 0 Å². The van der Waals surface area contributed by atoms with Crippen LogP contribution in [0, 0.1) is 6.42 Å². The molecule has 0 bridgehead atoms. The number of hydrogen-bond acceptors (Lipinski definition) is 0. The second kappa shape index (κ2) is 1.34. The van der Waals surface area contributed by atoms with Crippen LogP contribution in [0.2, 0.25) is 25.2 Å². The molecule has 0 aliphatic heterocycles. The number of hydrogen-bond donors (Lipinski definition) is 0. The summed E-state index contributed by atoms with van der Waals surface area (Å²) in [5.74, 6) is 0. The molecule has 1 saturated carbocycles. The van der Waals surface area contributed by atoms with Crippen LogP contribution in [0.1, 0.15) is 6.42 Å². The molecule has 7 heavy (non-hydrogen) atoms. The summed E-state index contributed by atoms with van der Waals surface area (Å²) < 4.78 is 0. The predicted octanol–water partition coefficient (Wildman–Crippen LogP) is 2.30. The van der Waals surface area contributed by atoms with Crippen LogP contribution < -0.4 is 0 Å². The molecule has 0 heterocycles. The topological polar surface area (TPSA) is 0 Å². The zero-order chi connectivity index (χ0) is 5.49. The molecule has 0 aromatic heterocycles. The van der Waals surface area contributed by atoms with Gasteiger partial charge in [-0.15, -0.1) is 0 Å². The Morgan fingerprint density at radius 3 is 1.86 bits per heavy atom. The van der Waals surface area contributed by atoms with Gasteiger partial charge in [0.1, 0.15) is 0 Å². The van der Waals surface area contributed by atoms with Crippen molar-refractivity contribution in [2.45, 2.75) is 31.6 Å². The molecular weight excluding hydrogens is 100 g/mol. The molecule has 0 spiro atoms. The fourth-order valence-electron chi connectivity index (χ4n) is 0.775. The Morgan fingerprint density at radius 1 is 1.43 bits per heavy atom. The molecule has 1 radical (unpaired) electrons. The molecular formula is C6H13Si. The average molecular weight is 113 g/mol. The van der Waals surface area contributed by atoms with Crippen molar-refractivity contribution in [1.29, 1.82) is 0 Å². The summed E-state index contributed by atoms with van der Waals surface area (Å²) >= 11 is 0.